The lowest BCUT2D eigenvalue weighted by Crippen LogP contribution is -2.78. The first-order chi connectivity index (χ1) is 19.4. The van der Waals surface area contributed by atoms with E-state index in [4.69, 9.17) is 23.4 Å². The number of epoxide rings is 1. The average Bonchev–Trinajstić information content (AvgIpc) is 3.41. The summed E-state index contributed by atoms with van der Waals surface area (Å²) >= 11 is 0. The van der Waals surface area contributed by atoms with Crippen molar-refractivity contribution in [1.82, 2.24) is 0 Å². The van der Waals surface area contributed by atoms with Crippen LogP contribution in [0.25, 0.3) is 0 Å². The van der Waals surface area contributed by atoms with Crippen LogP contribution in [0.5, 0.6) is 0 Å². The molecule has 2 spiro atoms. The summed E-state index contributed by atoms with van der Waals surface area (Å²) in [6, 6.07) is 1.80. The Morgan fingerprint density at radius 2 is 1.83 bits per heavy atom. The SMILES string of the molecule is CC(C)CCC1(C)OC2C3CCC4CC5(C)C(c6ccoc6)OC(=O)C6OC65C5(C)C(O)C(=O)C1C2(COC3=O)C45. The Labute approximate surface area is 239 Å². The van der Waals surface area contributed by atoms with Crippen LogP contribution in [0.1, 0.15) is 78.4 Å². The third kappa shape index (κ3) is 2.74. The summed E-state index contributed by atoms with van der Waals surface area (Å²) in [6.45, 7) is 10.4. The molecule has 4 saturated heterocycles. The van der Waals surface area contributed by atoms with Gasteiger partial charge in [0, 0.05) is 21.8 Å². The lowest BCUT2D eigenvalue weighted by atomic mass is 9.34. The average molecular weight is 569 g/mol. The second-order valence-corrected chi connectivity index (χ2v) is 15.2. The standard InChI is InChI=1S/C32H40O9/c1-15(2)8-10-29(4)21-19(33)22(34)30(5)20-16(6-7-18-24(40-29)31(20,21)14-38-26(18)35)12-28(3)23(17-9-11-37-13-17)39-27(36)25-32(28,30)41-25/h9,11,13,15-16,18,20-25,34H,6-8,10,12,14H2,1-5H3. The van der Waals surface area contributed by atoms with Crippen LogP contribution in [0.2, 0.25) is 0 Å². The van der Waals surface area contributed by atoms with Crippen LogP contribution < -0.4 is 0 Å². The van der Waals surface area contributed by atoms with E-state index in [9.17, 15) is 19.5 Å². The summed E-state index contributed by atoms with van der Waals surface area (Å²) in [5, 5.41) is 12.3. The number of ketones is 1. The van der Waals surface area contributed by atoms with Gasteiger partial charge in [-0.1, -0.05) is 27.7 Å². The van der Waals surface area contributed by atoms with Crippen LogP contribution in [0.3, 0.4) is 0 Å². The van der Waals surface area contributed by atoms with Crippen molar-refractivity contribution < 1.29 is 42.9 Å². The molecule has 5 heterocycles. The molecular weight excluding hydrogens is 528 g/mol. The molecule has 3 aliphatic carbocycles. The van der Waals surface area contributed by atoms with E-state index in [1.54, 1.807) is 18.6 Å². The first-order valence-electron chi connectivity index (χ1n) is 15.3. The Balaban J connectivity index is 1.36. The number of aliphatic hydroxyl groups excluding tert-OH is 1. The van der Waals surface area contributed by atoms with E-state index in [1.807, 2.05) is 13.8 Å². The van der Waals surface area contributed by atoms with Crippen LogP contribution in [-0.4, -0.2) is 58.9 Å². The van der Waals surface area contributed by atoms with Gasteiger partial charge in [-0.2, -0.15) is 0 Å². The first-order valence-corrected chi connectivity index (χ1v) is 15.3. The summed E-state index contributed by atoms with van der Waals surface area (Å²) in [4.78, 5) is 41.5. The third-order valence-corrected chi connectivity index (χ3v) is 12.9. The number of hydrogen-bond acceptors (Lipinski definition) is 9. The number of rotatable bonds is 4. The minimum atomic E-state index is -1.37. The minimum absolute atomic E-state index is 0.0231. The lowest BCUT2D eigenvalue weighted by molar-refractivity contribution is -0.266. The van der Waals surface area contributed by atoms with E-state index in [-0.39, 0.29) is 30.2 Å². The largest absolute Gasteiger partial charge is 0.472 e. The zero-order valence-corrected chi connectivity index (χ0v) is 24.4. The smallest absolute Gasteiger partial charge is 0.339 e. The molecular formula is C32H40O9. The minimum Gasteiger partial charge on any atom is -0.472 e. The van der Waals surface area contributed by atoms with E-state index in [1.165, 1.54) is 0 Å². The molecule has 41 heavy (non-hydrogen) atoms. The predicted octanol–water partition coefficient (Wildman–Crippen LogP) is 3.77. The summed E-state index contributed by atoms with van der Waals surface area (Å²) < 4.78 is 31.0. The van der Waals surface area contributed by atoms with Gasteiger partial charge in [-0.15, -0.1) is 0 Å². The second kappa shape index (κ2) is 7.83. The molecule has 222 valence electrons. The molecule has 9 nitrogen and oxygen atoms in total. The molecule has 3 saturated carbocycles. The fourth-order valence-corrected chi connectivity index (χ4v) is 11.6. The van der Waals surface area contributed by atoms with Gasteiger partial charge in [0.1, 0.15) is 24.4 Å². The highest BCUT2D eigenvalue weighted by Gasteiger charge is 2.92. The number of carbonyl (C=O) groups excluding carboxylic acids is 3. The zero-order valence-electron chi connectivity index (χ0n) is 24.4. The monoisotopic (exact) mass is 568 g/mol. The number of ether oxygens (including phenoxy) is 4. The number of hydrogen-bond donors (Lipinski definition) is 1. The van der Waals surface area contributed by atoms with Gasteiger partial charge in [0.05, 0.1) is 36.1 Å². The number of carbonyl (C=O) groups is 3. The molecule has 9 heteroatoms. The highest BCUT2D eigenvalue weighted by Crippen LogP contribution is 2.82. The summed E-state index contributed by atoms with van der Waals surface area (Å²) in [5.41, 5.74) is -3.91. The van der Waals surface area contributed by atoms with Crippen molar-refractivity contribution in [2.45, 2.75) is 102 Å². The van der Waals surface area contributed by atoms with Crippen molar-refractivity contribution in [3.63, 3.8) is 0 Å². The molecule has 7 fully saturated rings. The van der Waals surface area contributed by atoms with Gasteiger partial charge in [0.2, 0.25) is 0 Å². The molecule has 0 amide bonds. The molecule has 1 N–H and O–H groups in total. The first kappa shape index (κ1) is 26.4. The summed E-state index contributed by atoms with van der Waals surface area (Å²) in [7, 11) is 0. The van der Waals surface area contributed by atoms with Crippen molar-refractivity contribution in [1.29, 1.82) is 0 Å². The molecule has 0 aromatic carbocycles. The van der Waals surface area contributed by atoms with Crippen LogP contribution in [0.15, 0.2) is 23.0 Å². The molecule has 1 aromatic heterocycles. The Morgan fingerprint density at radius 3 is 2.54 bits per heavy atom. The maximum atomic E-state index is 14.8. The molecule has 8 rings (SSSR count). The van der Waals surface area contributed by atoms with E-state index in [0.717, 1.165) is 18.4 Å². The van der Waals surface area contributed by atoms with Gasteiger partial charge in [0.15, 0.2) is 11.9 Å². The van der Waals surface area contributed by atoms with Gasteiger partial charge in [0.25, 0.3) is 0 Å². The van der Waals surface area contributed by atoms with Crippen LogP contribution in [-0.2, 0) is 33.3 Å². The zero-order chi connectivity index (χ0) is 28.9. The molecule has 13 unspecified atom stereocenters. The number of esters is 2. The maximum Gasteiger partial charge on any atom is 0.339 e. The number of furan rings is 1. The van der Waals surface area contributed by atoms with Crippen LogP contribution in [0.4, 0.5) is 0 Å². The van der Waals surface area contributed by atoms with E-state index in [2.05, 4.69) is 20.8 Å². The van der Waals surface area contributed by atoms with Gasteiger partial charge < -0.3 is 28.5 Å². The van der Waals surface area contributed by atoms with Crippen LogP contribution >= 0.6 is 0 Å². The quantitative estimate of drug-likeness (QED) is 0.427. The van der Waals surface area contributed by atoms with E-state index >= 15 is 0 Å². The van der Waals surface area contributed by atoms with Crippen LogP contribution in [0, 0.1) is 45.8 Å². The van der Waals surface area contributed by atoms with Gasteiger partial charge in [-0.3, -0.25) is 9.59 Å². The van der Waals surface area contributed by atoms with E-state index < -0.39 is 69.7 Å². The fraction of sp³-hybridized carbons (Fsp3) is 0.781. The molecule has 7 aliphatic rings. The van der Waals surface area contributed by atoms with Crippen molar-refractivity contribution in [3.8, 4) is 0 Å². The number of aliphatic hydroxyl groups is 1. The third-order valence-electron chi connectivity index (χ3n) is 12.9. The lowest BCUT2D eigenvalue weighted by Gasteiger charge is -2.68. The Bertz CT molecular complexity index is 1340. The van der Waals surface area contributed by atoms with Crippen molar-refractivity contribution >= 4 is 17.7 Å². The fourth-order valence-electron chi connectivity index (χ4n) is 11.6. The topological polar surface area (TPSA) is 125 Å². The normalized spacial score (nSPS) is 54.5. The Hall–Kier alpha value is -2.23. The molecule has 13 atom stereocenters. The maximum absolute atomic E-state index is 14.8. The van der Waals surface area contributed by atoms with Crippen molar-refractivity contribution in [2.24, 2.45) is 45.8 Å². The molecule has 2 bridgehead atoms. The second-order valence-electron chi connectivity index (χ2n) is 15.2. The van der Waals surface area contributed by atoms with Gasteiger partial charge >= 0.3 is 11.9 Å². The predicted molar refractivity (Wildman–Crippen MR) is 141 cm³/mol. The van der Waals surface area contributed by atoms with Gasteiger partial charge in [-0.05, 0) is 62.8 Å². The highest BCUT2D eigenvalue weighted by molar-refractivity contribution is 5.92. The Morgan fingerprint density at radius 1 is 1.05 bits per heavy atom. The number of Topliss-reactive ketones (excluding diaryl/α,β-unsaturated/α-hetero) is 1. The number of cyclic esters (lactones) is 2. The Kier molecular flexibility index (Phi) is 5.04. The van der Waals surface area contributed by atoms with E-state index in [0.29, 0.717) is 25.2 Å². The molecule has 4 aliphatic heterocycles. The molecule has 1 aromatic rings. The molecule has 0 radical (unpaired) electrons. The highest BCUT2D eigenvalue weighted by atomic mass is 16.7. The summed E-state index contributed by atoms with van der Waals surface area (Å²) in [6.07, 6.45) is 3.22. The van der Waals surface area contributed by atoms with Crippen molar-refractivity contribution in [3.05, 3.63) is 24.2 Å². The summed E-state index contributed by atoms with van der Waals surface area (Å²) in [5.74, 6) is -1.95. The van der Waals surface area contributed by atoms with Gasteiger partial charge in [-0.25, -0.2) is 4.79 Å². The van der Waals surface area contributed by atoms with Crippen molar-refractivity contribution in [2.75, 3.05) is 6.61 Å².